The maximum Gasteiger partial charge on any atom is 0.295 e. The molecule has 7 heteroatoms. The smallest absolute Gasteiger partial charge is 0.295 e. The van der Waals surface area contributed by atoms with Crippen LogP contribution in [0, 0.1) is 19.7 Å². The van der Waals surface area contributed by atoms with Crippen molar-refractivity contribution < 1.29 is 13.9 Å². The Bertz CT molecular complexity index is 1230. The first-order valence-electron chi connectivity index (χ1n) is 9.71. The van der Waals surface area contributed by atoms with E-state index in [4.69, 9.17) is 4.74 Å². The van der Waals surface area contributed by atoms with Crippen molar-refractivity contribution in [2.24, 2.45) is 0 Å². The van der Waals surface area contributed by atoms with Gasteiger partial charge in [-0.25, -0.2) is 14.1 Å². The van der Waals surface area contributed by atoms with Gasteiger partial charge in [-0.3, -0.25) is 4.79 Å². The molecule has 1 heterocycles. The number of ether oxygens (including phenoxy) is 1. The van der Waals surface area contributed by atoms with Crippen LogP contribution in [0.2, 0.25) is 0 Å². The maximum atomic E-state index is 13.5. The summed E-state index contributed by atoms with van der Waals surface area (Å²) >= 11 is 0. The lowest BCUT2D eigenvalue weighted by atomic mass is 10.1. The van der Waals surface area contributed by atoms with Crippen LogP contribution < -0.4 is 10.1 Å². The molecule has 0 radical (unpaired) electrons. The van der Waals surface area contributed by atoms with Gasteiger partial charge in [-0.2, -0.15) is 0 Å². The van der Waals surface area contributed by atoms with Gasteiger partial charge >= 0.3 is 0 Å². The summed E-state index contributed by atoms with van der Waals surface area (Å²) in [4.78, 5) is 17.3. The average Bonchev–Trinajstić information content (AvgIpc) is 3.22. The number of aryl methyl sites for hydroxylation is 1. The summed E-state index contributed by atoms with van der Waals surface area (Å²) in [5.41, 5.74) is 4.14. The zero-order chi connectivity index (χ0) is 22.0. The van der Waals surface area contributed by atoms with Gasteiger partial charge in [-0.1, -0.05) is 12.1 Å². The predicted octanol–water partition coefficient (Wildman–Crippen LogP) is 4.95. The molecule has 0 fully saturated rings. The fourth-order valence-electron chi connectivity index (χ4n) is 3.19. The second-order valence-electron chi connectivity index (χ2n) is 7.08. The standard InChI is InChI=1S/C24H21FN4O2/c1-15-5-4-6-21(16(15)2)29-23(17-7-9-18(25)10-8-17)27-22(28-29)24(30)26-19-11-13-20(31-3)14-12-19/h4-14H,1-3H3,(H,26,30). The summed E-state index contributed by atoms with van der Waals surface area (Å²) in [5, 5.41) is 7.28. The largest absolute Gasteiger partial charge is 0.497 e. The van der Waals surface area contributed by atoms with Crippen molar-refractivity contribution in [3.8, 4) is 22.8 Å². The van der Waals surface area contributed by atoms with Crippen molar-refractivity contribution >= 4 is 11.6 Å². The number of aromatic nitrogens is 3. The molecule has 0 aliphatic heterocycles. The van der Waals surface area contributed by atoms with E-state index in [1.165, 1.54) is 12.1 Å². The van der Waals surface area contributed by atoms with E-state index in [1.807, 2.05) is 32.0 Å². The minimum atomic E-state index is -0.447. The van der Waals surface area contributed by atoms with Crippen molar-refractivity contribution in [1.82, 2.24) is 14.8 Å². The highest BCUT2D eigenvalue weighted by atomic mass is 19.1. The van der Waals surface area contributed by atoms with Crippen LogP contribution in [0.25, 0.3) is 17.1 Å². The number of carbonyl (C=O) groups excluding carboxylic acids is 1. The number of benzene rings is 3. The van der Waals surface area contributed by atoms with Gasteiger partial charge in [0, 0.05) is 11.3 Å². The maximum absolute atomic E-state index is 13.5. The molecule has 0 saturated carbocycles. The molecule has 1 N–H and O–H groups in total. The number of amides is 1. The Kier molecular flexibility index (Phi) is 5.49. The van der Waals surface area contributed by atoms with Gasteiger partial charge in [0.15, 0.2) is 5.82 Å². The van der Waals surface area contributed by atoms with Gasteiger partial charge in [0.25, 0.3) is 5.91 Å². The number of nitrogens with one attached hydrogen (secondary N) is 1. The highest BCUT2D eigenvalue weighted by Gasteiger charge is 2.20. The van der Waals surface area contributed by atoms with Crippen LogP contribution in [0.3, 0.4) is 0 Å². The fraction of sp³-hybridized carbons (Fsp3) is 0.125. The molecule has 0 aliphatic rings. The summed E-state index contributed by atoms with van der Waals surface area (Å²) in [5.74, 6) is 0.357. The molecule has 4 aromatic rings. The first kappa shape index (κ1) is 20.3. The molecular formula is C24H21FN4O2. The minimum absolute atomic E-state index is 0.0102. The topological polar surface area (TPSA) is 69.0 Å². The molecular weight excluding hydrogens is 395 g/mol. The molecule has 156 valence electrons. The molecule has 1 aromatic heterocycles. The van der Waals surface area contributed by atoms with E-state index >= 15 is 0 Å². The molecule has 31 heavy (non-hydrogen) atoms. The number of carbonyl (C=O) groups is 1. The Balaban J connectivity index is 1.76. The Morgan fingerprint density at radius 3 is 2.39 bits per heavy atom. The van der Waals surface area contributed by atoms with Crippen LogP contribution in [-0.4, -0.2) is 27.8 Å². The van der Waals surface area contributed by atoms with Gasteiger partial charge < -0.3 is 10.1 Å². The lowest BCUT2D eigenvalue weighted by Crippen LogP contribution is -2.14. The van der Waals surface area contributed by atoms with E-state index in [0.29, 0.717) is 22.8 Å². The number of nitrogens with zero attached hydrogens (tertiary/aromatic N) is 3. The summed E-state index contributed by atoms with van der Waals surface area (Å²) in [6, 6.07) is 18.8. The highest BCUT2D eigenvalue weighted by Crippen LogP contribution is 2.25. The van der Waals surface area contributed by atoms with Gasteiger partial charge in [0.2, 0.25) is 5.82 Å². The molecule has 0 atom stereocenters. The Labute approximate surface area is 179 Å². The predicted molar refractivity (Wildman–Crippen MR) is 117 cm³/mol. The van der Waals surface area contributed by atoms with Crippen LogP contribution in [-0.2, 0) is 0 Å². The monoisotopic (exact) mass is 416 g/mol. The second-order valence-corrected chi connectivity index (χ2v) is 7.08. The zero-order valence-electron chi connectivity index (χ0n) is 17.4. The quantitative estimate of drug-likeness (QED) is 0.500. The highest BCUT2D eigenvalue weighted by molar-refractivity contribution is 6.01. The number of methoxy groups -OCH3 is 1. The Morgan fingerprint density at radius 1 is 1.00 bits per heavy atom. The number of rotatable bonds is 5. The van der Waals surface area contributed by atoms with Crippen LogP contribution >= 0.6 is 0 Å². The SMILES string of the molecule is COc1ccc(NC(=O)c2nc(-c3ccc(F)cc3)n(-c3cccc(C)c3C)n2)cc1. The van der Waals surface area contributed by atoms with Crippen molar-refractivity contribution in [3.05, 3.63) is 89.5 Å². The van der Waals surface area contributed by atoms with Crippen LogP contribution in [0.1, 0.15) is 21.7 Å². The first-order chi connectivity index (χ1) is 15.0. The normalized spacial score (nSPS) is 10.7. The van der Waals surface area contributed by atoms with Crippen LogP contribution in [0.5, 0.6) is 5.75 Å². The van der Waals surface area contributed by atoms with Crippen molar-refractivity contribution in [2.45, 2.75) is 13.8 Å². The lowest BCUT2D eigenvalue weighted by molar-refractivity contribution is 0.101. The van der Waals surface area contributed by atoms with Crippen molar-refractivity contribution in [3.63, 3.8) is 0 Å². The van der Waals surface area contributed by atoms with Crippen LogP contribution in [0.15, 0.2) is 66.7 Å². The molecule has 3 aromatic carbocycles. The molecule has 0 spiro atoms. The Morgan fingerprint density at radius 2 is 1.71 bits per heavy atom. The van der Waals surface area contributed by atoms with E-state index in [1.54, 1.807) is 48.2 Å². The fourth-order valence-corrected chi connectivity index (χ4v) is 3.19. The van der Waals surface area contributed by atoms with Crippen molar-refractivity contribution in [2.75, 3.05) is 12.4 Å². The summed E-state index contributed by atoms with van der Waals surface area (Å²) < 4.78 is 20.2. The van der Waals surface area contributed by atoms with Gasteiger partial charge in [-0.05, 0) is 79.6 Å². The summed E-state index contributed by atoms with van der Waals surface area (Å²) in [7, 11) is 1.58. The number of anilines is 1. The summed E-state index contributed by atoms with van der Waals surface area (Å²) in [6.45, 7) is 3.99. The molecule has 1 amide bonds. The third-order valence-corrected chi connectivity index (χ3v) is 5.06. The number of hydrogen-bond donors (Lipinski definition) is 1. The van der Waals surface area contributed by atoms with E-state index in [9.17, 15) is 9.18 Å². The third-order valence-electron chi connectivity index (χ3n) is 5.06. The van der Waals surface area contributed by atoms with E-state index in [0.717, 1.165) is 16.8 Å². The molecule has 6 nitrogen and oxygen atoms in total. The number of hydrogen-bond acceptors (Lipinski definition) is 4. The Hall–Kier alpha value is -4.00. The molecule has 0 aliphatic carbocycles. The first-order valence-corrected chi connectivity index (χ1v) is 9.71. The summed E-state index contributed by atoms with van der Waals surface area (Å²) in [6.07, 6.45) is 0. The molecule has 0 saturated heterocycles. The van der Waals surface area contributed by atoms with Gasteiger partial charge in [0.05, 0.1) is 12.8 Å². The minimum Gasteiger partial charge on any atom is -0.497 e. The number of halogens is 1. The van der Waals surface area contributed by atoms with Crippen molar-refractivity contribution in [1.29, 1.82) is 0 Å². The van der Waals surface area contributed by atoms with Crippen LogP contribution in [0.4, 0.5) is 10.1 Å². The average molecular weight is 416 g/mol. The molecule has 4 rings (SSSR count). The van der Waals surface area contributed by atoms with Gasteiger partial charge in [0.1, 0.15) is 11.6 Å². The molecule has 0 bridgehead atoms. The second kappa shape index (κ2) is 8.39. The van der Waals surface area contributed by atoms with E-state index in [-0.39, 0.29) is 11.6 Å². The molecule has 0 unspecified atom stereocenters. The zero-order valence-corrected chi connectivity index (χ0v) is 17.4. The third kappa shape index (κ3) is 4.16. The van der Waals surface area contributed by atoms with E-state index < -0.39 is 5.91 Å². The van der Waals surface area contributed by atoms with Gasteiger partial charge in [-0.15, -0.1) is 5.10 Å². The van der Waals surface area contributed by atoms with E-state index in [2.05, 4.69) is 15.4 Å². The lowest BCUT2D eigenvalue weighted by Gasteiger charge is -2.11.